The summed E-state index contributed by atoms with van der Waals surface area (Å²) < 4.78 is 0. The van der Waals surface area contributed by atoms with Crippen molar-refractivity contribution in [2.75, 3.05) is 17.7 Å². The minimum atomic E-state index is -0.322. The molecule has 0 radical (unpaired) electrons. The molecule has 2 aromatic rings. The van der Waals surface area contributed by atoms with E-state index < -0.39 is 0 Å². The molecule has 0 fully saturated rings. The molecule has 0 bridgehead atoms. The van der Waals surface area contributed by atoms with E-state index in [1.54, 1.807) is 31.6 Å². The monoisotopic (exact) mass is 218 g/mol. The molecule has 7 heteroatoms. The van der Waals surface area contributed by atoms with Gasteiger partial charge in [0.1, 0.15) is 0 Å². The van der Waals surface area contributed by atoms with Crippen LogP contribution in [0.3, 0.4) is 0 Å². The van der Waals surface area contributed by atoms with Crippen molar-refractivity contribution in [3.05, 3.63) is 30.4 Å². The zero-order chi connectivity index (χ0) is 11.5. The van der Waals surface area contributed by atoms with E-state index in [4.69, 9.17) is 5.73 Å². The Morgan fingerprint density at radius 2 is 2.38 bits per heavy atom. The van der Waals surface area contributed by atoms with Gasteiger partial charge in [-0.1, -0.05) is 0 Å². The van der Waals surface area contributed by atoms with Gasteiger partial charge in [-0.3, -0.25) is 14.9 Å². The molecule has 3 N–H and O–H groups in total. The standard InChI is InChI=1S/C9H10N6O/c1-15(6-3-2-4-11-5-6)8(16)7-12-9(10)14-13-7/h2-5H,1H3,(H3,10,12,13,14). The number of nitrogens with two attached hydrogens (primary N) is 1. The first-order chi connectivity index (χ1) is 7.68. The highest BCUT2D eigenvalue weighted by Gasteiger charge is 2.17. The first kappa shape index (κ1) is 10.1. The van der Waals surface area contributed by atoms with Gasteiger partial charge in [0.25, 0.3) is 5.91 Å². The maximum atomic E-state index is 11.9. The van der Waals surface area contributed by atoms with Crippen molar-refractivity contribution in [3.63, 3.8) is 0 Å². The summed E-state index contributed by atoms with van der Waals surface area (Å²) in [6, 6.07) is 3.51. The zero-order valence-corrected chi connectivity index (χ0v) is 8.58. The van der Waals surface area contributed by atoms with Crippen molar-refractivity contribution in [2.24, 2.45) is 0 Å². The smallest absolute Gasteiger partial charge is 0.295 e. The van der Waals surface area contributed by atoms with Crippen molar-refractivity contribution in [2.45, 2.75) is 0 Å². The predicted molar refractivity (Wildman–Crippen MR) is 57.8 cm³/mol. The summed E-state index contributed by atoms with van der Waals surface area (Å²) in [7, 11) is 1.62. The summed E-state index contributed by atoms with van der Waals surface area (Å²) in [5, 5.41) is 6.05. The average Bonchev–Trinajstić information content (AvgIpc) is 2.75. The molecule has 0 saturated heterocycles. The lowest BCUT2D eigenvalue weighted by Crippen LogP contribution is -2.27. The number of anilines is 2. The van der Waals surface area contributed by atoms with Crippen molar-refractivity contribution in [3.8, 4) is 0 Å². The maximum Gasteiger partial charge on any atom is 0.295 e. The Labute approximate surface area is 91.3 Å². The molecule has 0 spiro atoms. The minimum absolute atomic E-state index is 0.0444. The van der Waals surface area contributed by atoms with E-state index in [1.165, 1.54) is 4.90 Å². The Morgan fingerprint density at radius 3 is 2.94 bits per heavy atom. The normalized spacial score (nSPS) is 10.1. The van der Waals surface area contributed by atoms with Crippen LogP contribution in [0.5, 0.6) is 0 Å². The summed E-state index contributed by atoms with van der Waals surface area (Å²) in [5.41, 5.74) is 5.99. The first-order valence-corrected chi connectivity index (χ1v) is 4.54. The number of aromatic amines is 1. The third-order valence-corrected chi connectivity index (χ3v) is 2.04. The molecule has 0 atom stereocenters. The molecule has 0 aliphatic carbocycles. The van der Waals surface area contributed by atoms with Gasteiger partial charge in [-0.25, -0.2) is 0 Å². The van der Waals surface area contributed by atoms with Gasteiger partial charge in [0.05, 0.1) is 11.9 Å². The van der Waals surface area contributed by atoms with Gasteiger partial charge >= 0.3 is 0 Å². The molecule has 7 nitrogen and oxygen atoms in total. The number of aromatic nitrogens is 4. The maximum absolute atomic E-state index is 11.9. The lowest BCUT2D eigenvalue weighted by Gasteiger charge is -2.14. The second-order valence-corrected chi connectivity index (χ2v) is 3.12. The van der Waals surface area contributed by atoms with Crippen LogP contribution in [0, 0.1) is 0 Å². The molecule has 0 unspecified atom stereocenters. The Morgan fingerprint density at radius 1 is 1.56 bits per heavy atom. The fourth-order valence-electron chi connectivity index (χ4n) is 1.20. The van der Waals surface area contributed by atoms with Crippen LogP contribution in [0.2, 0.25) is 0 Å². The number of carbonyl (C=O) groups is 1. The number of H-pyrrole nitrogens is 1. The molecule has 0 aromatic carbocycles. The van der Waals surface area contributed by atoms with E-state index in [0.29, 0.717) is 5.69 Å². The van der Waals surface area contributed by atoms with Crippen LogP contribution in [0.25, 0.3) is 0 Å². The van der Waals surface area contributed by atoms with Gasteiger partial charge in [-0.2, -0.15) is 4.98 Å². The van der Waals surface area contributed by atoms with E-state index in [-0.39, 0.29) is 17.7 Å². The molecule has 0 aliphatic heterocycles. The van der Waals surface area contributed by atoms with Crippen LogP contribution in [0.4, 0.5) is 11.6 Å². The number of hydrogen-bond donors (Lipinski definition) is 2. The van der Waals surface area contributed by atoms with Crippen LogP contribution in [-0.4, -0.2) is 33.1 Å². The number of pyridine rings is 1. The van der Waals surface area contributed by atoms with Gasteiger partial charge in [-0.05, 0) is 12.1 Å². The number of nitrogens with one attached hydrogen (secondary N) is 1. The second-order valence-electron chi connectivity index (χ2n) is 3.12. The van der Waals surface area contributed by atoms with Gasteiger partial charge in [-0.15, -0.1) is 5.10 Å². The molecule has 2 heterocycles. The summed E-state index contributed by atoms with van der Waals surface area (Å²) in [5.74, 6) is -0.177. The summed E-state index contributed by atoms with van der Waals surface area (Å²) in [6.45, 7) is 0. The van der Waals surface area contributed by atoms with E-state index in [9.17, 15) is 4.79 Å². The number of rotatable bonds is 2. The number of amides is 1. The van der Waals surface area contributed by atoms with E-state index in [2.05, 4.69) is 20.2 Å². The molecule has 16 heavy (non-hydrogen) atoms. The molecule has 2 aromatic heterocycles. The van der Waals surface area contributed by atoms with Crippen LogP contribution in [0.15, 0.2) is 24.5 Å². The summed E-state index contributed by atoms with van der Waals surface area (Å²) in [4.78, 5) is 21.0. The van der Waals surface area contributed by atoms with Crippen LogP contribution >= 0.6 is 0 Å². The van der Waals surface area contributed by atoms with Crippen molar-refractivity contribution in [1.82, 2.24) is 20.2 Å². The van der Waals surface area contributed by atoms with Crippen LogP contribution < -0.4 is 10.6 Å². The molecular weight excluding hydrogens is 208 g/mol. The van der Waals surface area contributed by atoms with Crippen LogP contribution in [0.1, 0.15) is 10.6 Å². The minimum Gasteiger partial charge on any atom is -0.366 e. The SMILES string of the molecule is CN(C(=O)c1nc(N)n[nH]1)c1cccnc1. The third-order valence-electron chi connectivity index (χ3n) is 2.04. The zero-order valence-electron chi connectivity index (χ0n) is 8.58. The number of carbonyl (C=O) groups excluding carboxylic acids is 1. The van der Waals surface area contributed by atoms with Crippen molar-refractivity contribution >= 4 is 17.5 Å². The molecule has 1 amide bonds. The Hall–Kier alpha value is -2.44. The van der Waals surface area contributed by atoms with Crippen molar-refractivity contribution < 1.29 is 4.79 Å². The van der Waals surface area contributed by atoms with Gasteiger partial charge < -0.3 is 10.6 Å². The Balaban J connectivity index is 2.23. The van der Waals surface area contributed by atoms with Crippen LogP contribution in [-0.2, 0) is 0 Å². The molecule has 2 rings (SSSR count). The second kappa shape index (κ2) is 3.97. The summed E-state index contributed by atoms with van der Waals surface area (Å²) in [6.07, 6.45) is 3.21. The van der Waals surface area contributed by atoms with Gasteiger partial charge in [0.15, 0.2) is 0 Å². The predicted octanol–water partition coefficient (Wildman–Crippen LogP) is 0.0585. The molecular formula is C9H10N6O. The first-order valence-electron chi connectivity index (χ1n) is 4.54. The Kier molecular flexibility index (Phi) is 2.50. The van der Waals surface area contributed by atoms with E-state index in [0.717, 1.165) is 0 Å². The molecule has 0 aliphatic rings. The quantitative estimate of drug-likeness (QED) is 0.742. The van der Waals surface area contributed by atoms with Crippen molar-refractivity contribution in [1.29, 1.82) is 0 Å². The average molecular weight is 218 g/mol. The molecule has 0 saturated carbocycles. The largest absolute Gasteiger partial charge is 0.366 e. The topological polar surface area (TPSA) is 101 Å². The Bertz CT molecular complexity index is 494. The number of nitrogen functional groups attached to an aromatic ring is 1. The van der Waals surface area contributed by atoms with E-state index >= 15 is 0 Å². The van der Waals surface area contributed by atoms with Gasteiger partial charge in [0, 0.05) is 13.2 Å². The lowest BCUT2D eigenvalue weighted by molar-refractivity contribution is 0.0983. The summed E-state index contributed by atoms with van der Waals surface area (Å²) >= 11 is 0. The highest BCUT2D eigenvalue weighted by Crippen LogP contribution is 2.11. The lowest BCUT2D eigenvalue weighted by atomic mass is 10.3. The highest BCUT2D eigenvalue weighted by atomic mass is 16.2. The number of nitrogens with zero attached hydrogens (tertiary/aromatic N) is 4. The highest BCUT2D eigenvalue weighted by molar-refractivity contribution is 6.03. The third kappa shape index (κ3) is 1.83. The fraction of sp³-hybridized carbons (Fsp3) is 0.111. The fourth-order valence-corrected chi connectivity index (χ4v) is 1.20. The van der Waals surface area contributed by atoms with Gasteiger partial charge in [0.2, 0.25) is 11.8 Å². The molecule has 82 valence electrons. The van der Waals surface area contributed by atoms with E-state index in [1.807, 2.05) is 0 Å². The number of hydrogen-bond acceptors (Lipinski definition) is 5.